The van der Waals surface area contributed by atoms with Gasteiger partial charge in [-0.1, -0.05) is 30.0 Å². The fourth-order valence-corrected chi connectivity index (χ4v) is 4.35. The zero-order chi connectivity index (χ0) is 22.5. The van der Waals surface area contributed by atoms with Crippen LogP contribution in [0.5, 0.6) is 5.75 Å². The molecule has 0 unspecified atom stereocenters. The van der Waals surface area contributed by atoms with Crippen molar-refractivity contribution in [2.75, 3.05) is 50.9 Å². The summed E-state index contributed by atoms with van der Waals surface area (Å²) in [4.78, 5) is 16.9. The van der Waals surface area contributed by atoms with E-state index in [4.69, 9.17) is 10.6 Å². The summed E-state index contributed by atoms with van der Waals surface area (Å²) in [5, 5.41) is 13.1. The van der Waals surface area contributed by atoms with Crippen LogP contribution in [0.2, 0.25) is 0 Å². The van der Waals surface area contributed by atoms with Crippen molar-refractivity contribution in [3.63, 3.8) is 0 Å². The molecule has 2 N–H and O–H groups in total. The first kappa shape index (κ1) is 22.2. The SMILES string of the molecule is Cc1cc(C)n(-c2nnc(SCC(=O)N3CCN(CCOc4ccccc4)CC3)n2N)n1. The molecular weight excluding hydrogens is 428 g/mol. The largest absolute Gasteiger partial charge is 0.492 e. The Morgan fingerprint density at radius 2 is 1.88 bits per heavy atom. The Morgan fingerprint density at radius 3 is 2.56 bits per heavy atom. The van der Waals surface area contributed by atoms with Crippen molar-refractivity contribution >= 4 is 17.7 Å². The molecular formula is C21H28N8O2S. The van der Waals surface area contributed by atoms with Gasteiger partial charge in [0.25, 0.3) is 5.95 Å². The number of para-hydroxylation sites is 1. The van der Waals surface area contributed by atoms with Crippen LogP contribution in [0, 0.1) is 13.8 Å². The molecule has 0 radical (unpaired) electrons. The first-order valence-corrected chi connectivity index (χ1v) is 11.5. The molecule has 1 saturated heterocycles. The fourth-order valence-electron chi connectivity index (χ4n) is 3.59. The summed E-state index contributed by atoms with van der Waals surface area (Å²) in [6.45, 7) is 8.40. The molecule has 0 saturated carbocycles. The van der Waals surface area contributed by atoms with Gasteiger partial charge in [-0.05, 0) is 32.0 Å². The van der Waals surface area contributed by atoms with E-state index in [0.29, 0.717) is 30.8 Å². The quantitative estimate of drug-likeness (QED) is 0.397. The molecule has 3 aromatic rings. The zero-order valence-corrected chi connectivity index (χ0v) is 19.2. The summed E-state index contributed by atoms with van der Waals surface area (Å²) < 4.78 is 8.79. The lowest BCUT2D eigenvalue weighted by molar-refractivity contribution is -0.130. The molecule has 0 spiro atoms. The Kier molecular flexibility index (Phi) is 6.96. The molecule has 4 rings (SSSR count). The van der Waals surface area contributed by atoms with Gasteiger partial charge in [-0.25, -0.2) is 9.36 Å². The molecule has 1 aromatic carbocycles. The Morgan fingerprint density at radius 1 is 1.12 bits per heavy atom. The number of hydrogen-bond acceptors (Lipinski definition) is 8. The summed E-state index contributed by atoms with van der Waals surface area (Å²) in [7, 11) is 0. The van der Waals surface area contributed by atoms with Gasteiger partial charge < -0.3 is 15.5 Å². The highest BCUT2D eigenvalue weighted by molar-refractivity contribution is 7.99. The van der Waals surface area contributed by atoms with Crippen LogP contribution in [0.3, 0.4) is 0 Å². The Balaban J connectivity index is 1.21. The second-order valence-corrected chi connectivity index (χ2v) is 8.61. The van der Waals surface area contributed by atoms with Crippen molar-refractivity contribution in [1.82, 2.24) is 34.5 Å². The summed E-state index contributed by atoms with van der Waals surface area (Å²) in [5.74, 6) is 7.80. The third-order valence-electron chi connectivity index (χ3n) is 5.31. The number of nitrogens with zero attached hydrogens (tertiary/aromatic N) is 7. The number of hydrogen-bond donors (Lipinski definition) is 1. The smallest absolute Gasteiger partial charge is 0.271 e. The first-order chi connectivity index (χ1) is 15.5. The fraction of sp³-hybridized carbons (Fsp3) is 0.429. The Labute approximate surface area is 191 Å². The number of nitrogen functional groups attached to an aromatic ring is 1. The van der Waals surface area contributed by atoms with E-state index in [1.807, 2.05) is 55.1 Å². The normalized spacial score (nSPS) is 14.6. The molecule has 11 heteroatoms. The van der Waals surface area contributed by atoms with Crippen LogP contribution in [0.1, 0.15) is 11.4 Å². The predicted octanol–water partition coefficient (Wildman–Crippen LogP) is 1.11. The lowest BCUT2D eigenvalue weighted by Gasteiger charge is -2.34. The Bertz CT molecular complexity index is 1040. The number of benzene rings is 1. The van der Waals surface area contributed by atoms with Gasteiger partial charge >= 0.3 is 0 Å². The van der Waals surface area contributed by atoms with Crippen LogP contribution < -0.4 is 10.6 Å². The van der Waals surface area contributed by atoms with Gasteiger partial charge in [-0.2, -0.15) is 5.10 Å². The molecule has 1 aliphatic rings. The molecule has 10 nitrogen and oxygen atoms in total. The number of ether oxygens (including phenoxy) is 1. The average Bonchev–Trinajstić information content (AvgIpc) is 3.33. The van der Waals surface area contributed by atoms with E-state index >= 15 is 0 Å². The van der Waals surface area contributed by atoms with Gasteiger partial charge in [0, 0.05) is 38.4 Å². The number of aryl methyl sites for hydroxylation is 2. The number of carbonyl (C=O) groups is 1. The van der Waals surface area contributed by atoms with Gasteiger partial charge in [0.05, 0.1) is 11.4 Å². The summed E-state index contributed by atoms with van der Waals surface area (Å²) in [6, 6.07) is 11.8. The highest BCUT2D eigenvalue weighted by Crippen LogP contribution is 2.18. The minimum atomic E-state index is 0.0749. The molecule has 170 valence electrons. The summed E-state index contributed by atoms with van der Waals surface area (Å²) in [6.07, 6.45) is 0. The lowest BCUT2D eigenvalue weighted by Crippen LogP contribution is -2.50. The topological polar surface area (TPSA) is 107 Å². The van der Waals surface area contributed by atoms with E-state index in [1.54, 1.807) is 4.68 Å². The highest BCUT2D eigenvalue weighted by atomic mass is 32.2. The van der Waals surface area contributed by atoms with Crippen molar-refractivity contribution in [3.8, 4) is 11.7 Å². The monoisotopic (exact) mass is 456 g/mol. The predicted molar refractivity (Wildman–Crippen MR) is 122 cm³/mol. The molecule has 32 heavy (non-hydrogen) atoms. The molecule has 1 aliphatic heterocycles. The number of nitrogens with two attached hydrogens (primary N) is 1. The van der Waals surface area contributed by atoms with Crippen LogP contribution in [-0.4, -0.2) is 85.4 Å². The minimum Gasteiger partial charge on any atom is -0.492 e. The number of rotatable bonds is 8. The van der Waals surface area contributed by atoms with Gasteiger partial charge in [-0.15, -0.1) is 10.2 Å². The van der Waals surface area contributed by atoms with Crippen LogP contribution in [0.15, 0.2) is 41.6 Å². The first-order valence-electron chi connectivity index (χ1n) is 10.6. The summed E-state index contributed by atoms with van der Waals surface area (Å²) in [5.41, 5.74) is 1.79. The Hall–Kier alpha value is -3.05. The highest BCUT2D eigenvalue weighted by Gasteiger charge is 2.22. The van der Waals surface area contributed by atoms with Gasteiger partial charge in [0.1, 0.15) is 12.4 Å². The van der Waals surface area contributed by atoms with E-state index in [9.17, 15) is 4.79 Å². The molecule has 0 atom stereocenters. The molecule has 0 aliphatic carbocycles. The maximum atomic E-state index is 12.7. The van der Waals surface area contributed by atoms with Crippen LogP contribution in [0.25, 0.3) is 5.95 Å². The number of amides is 1. The lowest BCUT2D eigenvalue weighted by atomic mass is 10.3. The number of piperazine rings is 1. The van der Waals surface area contributed by atoms with E-state index < -0.39 is 0 Å². The van der Waals surface area contributed by atoms with Crippen molar-refractivity contribution in [2.45, 2.75) is 19.0 Å². The number of carbonyl (C=O) groups excluding carboxylic acids is 1. The van der Waals surface area contributed by atoms with E-state index in [1.165, 1.54) is 16.4 Å². The number of thioether (sulfide) groups is 1. The average molecular weight is 457 g/mol. The molecule has 0 bridgehead atoms. The van der Waals surface area contributed by atoms with Gasteiger partial charge in [-0.3, -0.25) is 9.69 Å². The van der Waals surface area contributed by atoms with Crippen LogP contribution >= 0.6 is 11.8 Å². The maximum absolute atomic E-state index is 12.7. The standard InChI is InChI=1S/C21H28N8O2S/c1-16-14-17(2)29(25-16)20-23-24-21(28(20)22)32-15-19(30)27-10-8-26(9-11-27)12-13-31-18-6-4-3-5-7-18/h3-7,14H,8-13,15,22H2,1-2H3. The van der Waals surface area contributed by atoms with E-state index in [0.717, 1.165) is 36.8 Å². The molecule has 2 aromatic heterocycles. The van der Waals surface area contributed by atoms with E-state index in [-0.39, 0.29) is 11.7 Å². The second-order valence-electron chi connectivity index (χ2n) is 7.66. The van der Waals surface area contributed by atoms with Crippen molar-refractivity contribution < 1.29 is 9.53 Å². The van der Waals surface area contributed by atoms with Crippen LogP contribution in [0.4, 0.5) is 0 Å². The van der Waals surface area contributed by atoms with Gasteiger partial charge in [0.15, 0.2) is 0 Å². The second kappa shape index (κ2) is 10.0. The molecule has 1 fully saturated rings. The van der Waals surface area contributed by atoms with Crippen LogP contribution in [-0.2, 0) is 4.79 Å². The summed E-state index contributed by atoms with van der Waals surface area (Å²) >= 11 is 1.29. The molecule has 1 amide bonds. The maximum Gasteiger partial charge on any atom is 0.271 e. The zero-order valence-electron chi connectivity index (χ0n) is 18.3. The molecule has 3 heterocycles. The minimum absolute atomic E-state index is 0.0749. The van der Waals surface area contributed by atoms with Gasteiger partial charge in [0.2, 0.25) is 11.1 Å². The van der Waals surface area contributed by atoms with Crippen molar-refractivity contribution in [3.05, 3.63) is 47.8 Å². The third kappa shape index (κ3) is 5.22. The van der Waals surface area contributed by atoms with Crippen molar-refractivity contribution in [2.24, 2.45) is 0 Å². The van der Waals surface area contributed by atoms with Crippen molar-refractivity contribution in [1.29, 1.82) is 0 Å². The third-order valence-corrected chi connectivity index (χ3v) is 6.24. The number of aromatic nitrogens is 5. The van der Waals surface area contributed by atoms with E-state index in [2.05, 4.69) is 20.2 Å².